The first-order valence-corrected chi connectivity index (χ1v) is 9.43. The van der Waals surface area contributed by atoms with Gasteiger partial charge in [0.05, 0.1) is 23.6 Å². The Hall–Kier alpha value is -3.60. The first-order valence-electron chi connectivity index (χ1n) is 9.43. The Labute approximate surface area is 163 Å². The number of aromatic nitrogens is 2. The highest BCUT2D eigenvalue weighted by atomic mass is 15.6. The topological polar surface area (TPSA) is 59.2 Å². The molecular formula is C23H21N5. The number of hydrogen-bond donors (Lipinski definition) is 1. The van der Waals surface area contributed by atoms with Gasteiger partial charge in [0.1, 0.15) is 6.33 Å². The molecule has 5 rings (SSSR count). The van der Waals surface area contributed by atoms with Crippen LogP contribution in [0.4, 0.5) is 0 Å². The fourth-order valence-corrected chi connectivity index (χ4v) is 3.40. The molecule has 1 aliphatic heterocycles. The number of amidine groups is 1. The Morgan fingerprint density at radius 2 is 1.79 bits per heavy atom. The summed E-state index contributed by atoms with van der Waals surface area (Å²) in [6.07, 6.45) is 1.86. The van der Waals surface area contributed by atoms with E-state index in [1.54, 1.807) is 0 Å². The highest BCUT2D eigenvalue weighted by molar-refractivity contribution is 6.00. The molecule has 1 unspecified atom stereocenters. The number of benzene rings is 3. The summed E-state index contributed by atoms with van der Waals surface area (Å²) in [5.41, 5.74) is 12.5. The Balaban J connectivity index is 1.56. The summed E-state index contributed by atoms with van der Waals surface area (Å²) in [5.74, 6) is 0.539. The van der Waals surface area contributed by atoms with Gasteiger partial charge >= 0.3 is 0 Å². The lowest BCUT2D eigenvalue weighted by molar-refractivity contribution is 0.558. The van der Waals surface area contributed by atoms with E-state index >= 15 is 0 Å². The van der Waals surface area contributed by atoms with E-state index < -0.39 is 0 Å². The average molecular weight is 367 g/mol. The Morgan fingerprint density at radius 1 is 1.00 bits per heavy atom. The first kappa shape index (κ1) is 16.6. The second kappa shape index (κ2) is 6.53. The highest BCUT2D eigenvalue weighted by Crippen LogP contribution is 2.25. The molecule has 1 saturated heterocycles. The second-order valence-electron chi connectivity index (χ2n) is 7.19. The number of rotatable bonds is 4. The molecule has 2 heterocycles. The molecule has 138 valence electrons. The lowest BCUT2D eigenvalue weighted by atomic mass is 10.1. The van der Waals surface area contributed by atoms with Crippen LogP contribution in [-0.4, -0.2) is 33.0 Å². The third-order valence-electron chi connectivity index (χ3n) is 5.14. The van der Waals surface area contributed by atoms with Crippen molar-refractivity contribution in [1.29, 1.82) is 0 Å². The van der Waals surface area contributed by atoms with Gasteiger partial charge in [0.25, 0.3) is 0 Å². The van der Waals surface area contributed by atoms with Gasteiger partial charge in [-0.25, -0.2) is 4.98 Å². The fourth-order valence-electron chi connectivity index (χ4n) is 3.40. The van der Waals surface area contributed by atoms with Gasteiger partial charge in [-0.2, -0.15) is 5.10 Å². The molecule has 5 heteroatoms. The Morgan fingerprint density at radius 3 is 2.57 bits per heavy atom. The van der Waals surface area contributed by atoms with Crippen LogP contribution in [0.1, 0.15) is 12.5 Å². The zero-order valence-corrected chi connectivity index (χ0v) is 15.7. The van der Waals surface area contributed by atoms with Crippen molar-refractivity contribution in [2.24, 2.45) is 10.8 Å². The number of nitrogens with two attached hydrogens (primary N) is 1. The van der Waals surface area contributed by atoms with Crippen LogP contribution >= 0.6 is 0 Å². The van der Waals surface area contributed by atoms with E-state index in [-0.39, 0.29) is 0 Å². The van der Waals surface area contributed by atoms with Crippen molar-refractivity contribution < 1.29 is 0 Å². The maximum atomic E-state index is 6.23. The van der Waals surface area contributed by atoms with E-state index in [1.165, 1.54) is 11.1 Å². The Kier molecular flexibility index (Phi) is 3.86. The minimum absolute atomic E-state index is 0.480. The summed E-state index contributed by atoms with van der Waals surface area (Å²) >= 11 is 0. The van der Waals surface area contributed by atoms with Crippen molar-refractivity contribution in [2.45, 2.75) is 13.0 Å². The van der Waals surface area contributed by atoms with E-state index in [0.717, 1.165) is 28.8 Å². The minimum atomic E-state index is 0.480. The zero-order valence-electron chi connectivity index (χ0n) is 15.7. The van der Waals surface area contributed by atoms with Crippen molar-refractivity contribution >= 4 is 16.9 Å². The second-order valence-corrected chi connectivity index (χ2v) is 7.19. The molecule has 5 nitrogen and oxygen atoms in total. The normalized spacial score (nSPS) is 16.5. The molecule has 0 bridgehead atoms. The molecule has 0 aliphatic carbocycles. The molecule has 4 aromatic rings. The molecule has 1 atom stereocenters. The maximum Gasteiger partial charge on any atom is 0.150 e. The van der Waals surface area contributed by atoms with Crippen LogP contribution in [0, 0.1) is 0 Å². The van der Waals surface area contributed by atoms with Crippen molar-refractivity contribution in [3.8, 4) is 16.8 Å². The maximum absolute atomic E-state index is 6.23. The predicted molar refractivity (Wildman–Crippen MR) is 113 cm³/mol. The van der Waals surface area contributed by atoms with Gasteiger partial charge in [-0.15, -0.1) is 0 Å². The molecule has 0 spiro atoms. The Bertz CT molecular complexity index is 1180. The van der Waals surface area contributed by atoms with Crippen LogP contribution in [0.2, 0.25) is 0 Å². The van der Waals surface area contributed by atoms with Crippen molar-refractivity contribution in [1.82, 2.24) is 14.6 Å². The molecule has 0 amide bonds. The fraction of sp³-hybridized carbons (Fsp3) is 0.130. The van der Waals surface area contributed by atoms with Crippen LogP contribution < -0.4 is 5.73 Å². The predicted octanol–water partition coefficient (Wildman–Crippen LogP) is 4.02. The van der Waals surface area contributed by atoms with E-state index in [0.29, 0.717) is 11.9 Å². The van der Waals surface area contributed by atoms with Gasteiger partial charge in [-0.1, -0.05) is 42.5 Å². The van der Waals surface area contributed by atoms with Gasteiger partial charge in [0, 0.05) is 11.3 Å². The molecule has 0 radical (unpaired) electrons. The summed E-state index contributed by atoms with van der Waals surface area (Å²) in [4.78, 5) is 4.56. The smallest absolute Gasteiger partial charge is 0.150 e. The van der Waals surface area contributed by atoms with E-state index in [9.17, 15) is 0 Å². The van der Waals surface area contributed by atoms with E-state index in [1.807, 2.05) is 29.5 Å². The van der Waals surface area contributed by atoms with Crippen LogP contribution in [-0.2, 0) is 0 Å². The van der Waals surface area contributed by atoms with Gasteiger partial charge < -0.3 is 5.73 Å². The van der Waals surface area contributed by atoms with Crippen molar-refractivity contribution in [3.63, 3.8) is 0 Å². The third kappa shape index (κ3) is 3.01. The van der Waals surface area contributed by atoms with E-state index in [2.05, 4.69) is 76.2 Å². The molecule has 2 N–H and O–H groups in total. The number of hydrazone groups is 1. The van der Waals surface area contributed by atoms with Gasteiger partial charge in [0.15, 0.2) is 5.84 Å². The van der Waals surface area contributed by atoms with Crippen LogP contribution in [0.15, 0.2) is 84.2 Å². The van der Waals surface area contributed by atoms with Crippen LogP contribution in [0.3, 0.4) is 0 Å². The molecular weight excluding hydrogens is 346 g/mol. The number of nitrogens with zero attached hydrogens (tertiary/aromatic N) is 4. The third-order valence-corrected chi connectivity index (χ3v) is 5.14. The molecule has 1 aromatic heterocycles. The standard InChI is InChI=1S/C23H21N5/c1-16-14-28(16)26-23(24)19-10-11-21-22(13-19)27(15-25-21)20-9-5-8-18(12-20)17-6-3-2-4-7-17/h2-13,15-16H,14H2,1H3,(H2,24,26). The largest absolute Gasteiger partial charge is 0.382 e. The lowest BCUT2D eigenvalue weighted by Crippen LogP contribution is -2.15. The number of imidazole rings is 1. The minimum Gasteiger partial charge on any atom is -0.382 e. The molecule has 3 aromatic carbocycles. The monoisotopic (exact) mass is 367 g/mol. The summed E-state index contributed by atoms with van der Waals surface area (Å²) < 4.78 is 2.10. The lowest BCUT2D eigenvalue weighted by Gasteiger charge is -2.09. The van der Waals surface area contributed by atoms with Gasteiger partial charge in [-0.3, -0.25) is 9.58 Å². The van der Waals surface area contributed by atoms with Gasteiger partial charge in [0.2, 0.25) is 0 Å². The molecule has 1 fully saturated rings. The van der Waals surface area contributed by atoms with Gasteiger partial charge in [-0.05, 0) is 48.4 Å². The van der Waals surface area contributed by atoms with Crippen LogP contribution in [0.25, 0.3) is 27.8 Å². The first-order chi connectivity index (χ1) is 13.7. The SMILES string of the molecule is CC1CN1N=C(N)c1ccc2ncn(-c3cccc(-c4ccccc4)c3)c2c1. The van der Waals surface area contributed by atoms with Crippen LogP contribution in [0.5, 0.6) is 0 Å². The number of fused-ring (bicyclic) bond motifs is 1. The molecule has 28 heavy (non-hydrogen) atoms. The summed E-state index contributed by atoms with van der Waals surface area (Å²) in [6.45, 7) is 3.10. The molecule has 1 aliphatic rings. The molecule has 0 saturated carbocycles. The van der Waals surface area contributed by atoms with E-state index in [4.69, 9.17) is 5.73 Å². The van der Waals surface area contributed by atoms with Crippen molar-refractivity contribution in [3.05, 3.63) is 84.7 Å². The average Bonchev–Trinajstić information content (AvgIpc) is 3.26. The van der Waals surface area contributed by atoms with Crippen molar-refractivity contribution in [2.75, 3.05) is 6.54 Å². The summed E-state index contributed by atoms with van der Waals surface area (Å²) in [6, 6.07) is 25.4. The summed E-state index contributed by atoms with van der Waals surface area (Å²) in [5, 5.41) is 6.47. The summed E-state index contributed by atoms with van der Waals surface area (Å²) in [7, 11) is 0. The number of hydrogen-bond acceptors (Lipinski definition) is 3. The zero-order chi connectivity index (χ0) is 19.1. The highest BCUT2D eigenvalue weighted by Gasteiger charge is 2.27. The quantitative estimate of drug-likeness (QED) is 0.337.